The van der Waals surface area contributed by atoms with Crippen LogP contribution in [0.1, 0.15) is 54.8 Å². The summed E-state index contributed by atoms with van der Waals surface area (Å²) in [7, 11) is 0. The van der Waals surface area contributed by atoms with Gasteiger partial charge < -0.3 is 4.74 Å². The molecule has 0 radical (unpaired) electrons. The van der Waals surface area contributed by atoms with Crippen LogP contribution in [-0.2, 0) is 13.0 Å². The van der Waals surface area contributed by atoms with Gasteiger partial charge >= 0.3 is 6.55 Å². The molecule has 0 amide bonds. The lowest BCUT2D eigenvalue weighted by Gasteiger charge is -2.19. The van der Waals surface area contributed by atoms with Crippen LogP contribution in [0.15, 0.2) is 53.5 Å². The standard InChI is InChI=1S/C26H25BrF3N5O/c1-15-24(8-20(27)11-31-15)36-16(2)23-9-21(28)5-6-22(23)25-19(14-35(33-25)26(29)30)7-18-10-32-34(13-18)12-17-3-4-17/h5-6,8-11,13-14,16-17,26H,3-4,7,12H2,1-2H3/t16-/m1/s1. The molecular weight excluding hydrogens is 535 g/mol. The molecule has 1 atom stereocenters. The lowest BCUT2D eigenvalue weighted by atomic mass is 9.96. The fourth-order valence-corrected chi connectivity index (χ4v) is 4.53. The molecule has 1 saturated carbocycles. The first-order valence-electron chi connectivity index (χ1n) is 11.7. The Morgan fingerprint density at radius 1 is 1.17 bits per heavy atom. The molecule has 1 aliphatic carbocycles. The average Bonchev–Trinajstić information content (AvgIpc) is 3.38. The molecule has 0 bridgehead atoms. The van der Waals surface area contributed by atoms with Crippen LogP contribution in [0.2, 0.25) is 0 Å². The largest absolute Gasteiger partial charge is 0.484 e. The van der Waals surface area contributed by atoms with Gasteiger partial charge in [0.25, 0.3) is 0 Å². The van der Waals surface area contributed by atoms with Crippen LogP contribution in [0.25, 0.3) is 11.3 Å². The molecule has 1 fully saturated rings. The first-order valence-corrected chi connectivity index (χ1v) is 12.5. The van der Waals surface area contributed by atoms with Gasteiger partial charge in [0, 0.05) is 52.7 Å². The van der Waals surface area contributed by atoms with Gasteiger partial charge in [-0.3, -0.25) is 9.67 Å². The minimum absolute atomic E-state index is 0.361. The molecule has 10 heteroatoms. The summed E-state index contributed by atoms with van der Waals surface area (Å²) >= 11 is 3.39. The number of alkyl halides is 2. The summed E-state index contributed by atoms with van der Waals surface area (Å²) in [6, 6.07) is 6.01. The first-order chi connectivity index (χ1) is 17.3. The highest BCUT2D eigenvalue weighted by Gasteiger charge is 2.24. The molecule has 5 rings (SSSR count). The number of nitrogens with zero attached hydrogens (tertiary/aromatic N) is 5. The molecule has 3 aromatic heterocycles. The molecule has 1 aliphatic rings. The monoisotopic (exact) mass is 559 g/mol. The average molecular weight is 560 g/mol. The molecular formula is C26H25BrF3N5O. The van der Waals surface area contributed by atoms with Crippen LogP contribution < -0.4 is 4.74 Å². The van der Waals surface area contributed by atoms with Crippen molar-refractivity contribution in [3.05, 3.63) is 81.7 Å². The molecule has 36 heavy (non-hydrogen) atoms. The predicted octanol–water partition coefficient (Wildman–Crippen LogP) is 6.89. The molecule has 6 nitrogen and oxygen atoms in total. The molecule has 1 aromatic carbocycles. The van der Waals surface area contributed by atoms with Crippen molar-refractivity contribution in [2.24, 2.45) is 5.92 Å². The Morgan fingerprint density at radius 2 is 1.97 bits per heavy atom. The van der Waals surface area contributed by atoms with Gasteiger partial charge in [0.15, 0.2) is 0 Å². The van der Waals surface area contributed by atoms with E-state index in [-0.39, 0.29) is 0 Å². The molecule has 0 unspecified atom stereocenters. The lowest BCUT2D eigenvalue weighted by Crippen LogP contribution is -2.08. The third kappa shape index (κ3) is 5.48. The van der Waals surface area contributed by atoms with Crippen molar-refractivity contribution < 1.29 is 17.9 Å². The van der Waals surface area contributed by atoms with E-state index in [9.17, 15) is 13.2 Å². The van der Waals surface area contributed by atoms with E-state index < -0.39 is 18.5 Å². The van der Waals surface area contributed by atoms with Crippen molar-refractivity contribution in [3.8, 4) is 17.0 Å². The van der Waals surface area contributed by atoms with Crippen LogP contribution in [0.3, 0.4) is 0 Å². The summed E-state index contributed by atoms with van der Waals surface area (Å²) in [5.74, 6) is 0.750. The Labute approximate surface area is 215 Å². The fraction of sp³-hybridized carbons (Fsp3) is 0.346. The van der Waals surface area contributed by atoms with E-state index in [0.717, 1.165) is 16.6 Å². The Hall–Kier alpha value is -3.14. The van der Waals surface area contributed by atoms with Crippen molar-refractivity contribution in [1.82, 2.24) is 24.5 Å². The Morgan fingerprint density at radius 3 is 2.72 bits per heavy atom. The van der Waals surface area contributed by atoms with Gasteiger partial charge in [0.1, 0.15) is 17.7 Å². The maximum atomic E-state index is 14.4. The lowest BCUT2D eigenvalue weighted by molar-refractivity contribution is 0.0567. The molecule has 188 valence electrons. The predicted molar refractivity (Wildman–Crippen MR) is 132 cm³/mol. The van der Waals surface area contributed by atoms with Gasteiger partial charge in [0.2, 0.25) is 0 Å². The van der Waals surface area contributed by atoms with E-state index in [4.69, 9.17) is 4.74 Å². The summed E-state index contributed by atoms with van der Waals surface area (Å²) in [6.07, 6.45) is 8.90. The second-order valence-corrected chi connectivity index (χ2v) is 10.1. The molecule has 0 N–H and O–H groups in total. The first kappa shape index (κ1) is 24.5. The molecule has 4 aromatic rings. The number of hydrogen-bond donors (Lipinski definition) is 0. The zero-order chi connectivity index (χ0) is 25.4. The quantitative estimate of drug-likeness (QED) is 0.224. The number of halogens is 4. The van der Waals surface area contributed by atoms with Gasteiger partial charge in [-0.15, -0.1) is 0 Å². The number of ether oxygens (including phenoxy) is 1. The van der Waals surface area contributed by atoms with E-state index in [1.807, 2.05) is 17.8 Å². The van der Waals surface area contributed by atoms with E-state index in [0.29, 0.717) is 50.8 Å². The summed E-state index contributed by atoms with van der Waals surface area (Å²) in [4.78, 5) is 4.28. The van der Waals surface area contributed by atoms with E-state index in [2.05, 4.69) is 31.1 Å². The van der Waals surface area contributed by atoms with Crippen LogP contribution in [-0.4, -0.2) is 24.5 Å². The van der Waals surface area contributed by atoms with Gasteiger partial charge in [-0.25, -0.2) is 9.07 Å². The van der Waals surface area contributed by atoms with E-state index >= 15 is 0 Å². The minimum Gasteiger partial charge on any atom is -0.484 e. The highest BCUT2D eigenvalue weighted by Crippen LogP contribution is 2.35. The summed E-state index contributed by atoms with van der Waals surface area (Å²) in [5.41, 5.74) is 3.56. The molecule has 0 saturated heterocycles. The van der Waals surface area contributed by atoms with Gasteiger partial charge in [-0.1, -0.05) is 0 Å². The van der Waals surface area contributed by atoms with E-state index in [1.165, 1.54) is 31.2 Å². The summed E-state index contributed by atoms with van der Waals surface area (Å²) in [6.45, 7) is 1.66. The highest BCUT2D eigenvalue weighted by molar-refractivity contribution is 9.10. The maximum Gasteiger partial charge on any atom is 0.333 e. The Bertz CT molecular complexity index is 1380. The smallest absolute Gasteiger partial charge is 0.333 e. The number of pyridine rings is 1. The topological polar surface area (TPSA) is 57.8 Å². The number of aromatic nitrogens is 5. The van der Waals surface area contributed by atoms with Crippen molar-refractivity contribution in [3.63, 3.8) is 0 Å². The van der Waals surface area contributed by atoms with Crippen molar-refractivity contribution in [2.45, 2.75) is 52.3 Å². The molecule has 0 spiro atoms. The second kappa shape index (κ2) is 10.1. The van der Waals surface area contributed by atoms with Crippen molar-refractivity contribution >= 4 is 15.9 Å². The normalized spacial score (nSPS) is 14.4. The van der Waals surface area contributed by atoms with Gasteiger partial charge in [-0.2, -0.15) is 19.0 Å². The van der Waals surface area contributed by atoms with Crippen LogP contribution in [0, 0.1) is 18.7 Å². The summed E-state index contributed by atoms with van der Waals surface area (Å²) in [5, 5.41) is 8.61. The minimum atomic E-state index is -2.80. The zero-order valence-electron chi connectivity index (χ0n) is 19.8. The third-order valence-corrected chi connectivity index (χ3v) is 6.68. The van der Waals surface area contributed by atoms with Crippen molar-refractivity contribution in [2.75, 3.05) is 0 Å². The van der Waals surface area contributed by atoms with Crippen molar-refractivity contribution in [1.29, 1.82) is 0 Å². The second-order valence-electron chi connectivity index (χ2n) is 9.18. The van der Waals surface area contributed by atoms with E-state index in [1.54, 1.807) is 31.5 Å². The fourth-order valence-electron chi connectivity index (χ4n) is 4.22. The highest BCUT2D eigenvalue weighted by atomic mass is 79.9. The van der Waals surface area contributed by atoms with Crippen LogP contribution >= 0.6 is 15.9 Å². The third-order valence-electron chi connectivity index (χ3n) is 6.25. The van der Waals surface area contributed by atoms with Crippen LogP contribution in [0.4, 0.5) is 13.2 Å². The number of rotatable bonds is 9. The van der Waals surface area contributed by atoms with Crippen LogP contribution in [0.5, 0.6) is 5.75 Å². The number of benzene rings is 1. The van der Waals surface area contributed by atoms with Gasteiger partial charge in [-0.05, 0) is 78.4 Å². The molecule has 0 aliphatic heterocycles. The Balaban J connectivity index is 1.50. The zero-order valence-corrected chi connectivity index (χ0v) is 21.4. The number of aryl methyl sites for hydroxylation is 1. The number of hydrogen-bond acceptors (Lipinski definition) is 4. The summed E-state index contributed by atoms with van der Waals surface area (Å²) < 4.78 is 51.1. The van der Waals surface area contributed by atoms with Gasteiger partial charge in [0.05, 0.1) is 17.6 Å². The molecule has 3 heterocycles. The maximum absolute atomic E-state index is 14.4. The Kier molecular flexibility index (Phi) is 6.87. The SMILES string of the molecule is Cc1ncc(Br)cc1O[C@H](C)c1cc(F)ccc1-c1nn(C(F)F)cc1Cc1cnn(CC2CC2)c1.